The summed E-state index contributed by atoms with van der Waals surface area (Å²) in [5.41, 5.74) is 1.29. The molecule has 0 amide bonds. The largest absolute Gasteiger partial charge is 0.468 e. The highest BCUT2D eigenvalue weighted by molar-refractivity contribution is 5.16. The summed E-state index contributed by atoms with van der Waals surface area (Å²) in [6, 6.07) is 2.06. The van der Waals surface area contributed by atoms with E-state index in [1.807, 2.05) is 7.05 Å². The molecule has 84 valence electrons. The van der Waals surface area contributed by atoms with Crippen molar-refractivity contribution in [3.63, 3.8) is 0 Å². The first-order valence-corrected chi connectivity index (χ1v) is 5.72. The van der Waals surface area contributed by atoms with E-state index in [1.54, 1.807) is 6.26 Å². The number of likely N-dealkylation sites (tertiary alicyclic amines) is 1. The summed E-state index contributed by atoms with van der Waals surface area (Å²) in [6.07, 6.45) is 3.11. The molecule has 1 aromatic heterocycles. The quantitative estimate of drug-likeness (QED) is 0.818. The number of hydrogen-bond donors (Lipinski definition) is 1. The molecule has 2 heterocycles. The van der Waals surface area contributed by atoms with E-state index in [9.17, 15) is 0 Å². The maximum absolute atomic E-state index is 5.53. The molecule has 1 unspecified atom stereocenters. The fraction of sp³-hybridized carbons (Fsp3) is 0.667. The van der Waals surface area contributed by atoms with Crippen molar-refractivity contribution in [3.8, 4) is 0 Å². The highest BCUT2D eigenvalue weighted by Crippen LogP contribution is 2.20. The second-order valence-electron chi connectivity index (χ2n) is 4.53. The molecule has 1 saturated heterocycles. The first kappa shape index (κ1) is 10.7. The van der Waals surface area contributed by atoms with Crippen molar-refractivity contribution in [1.82, 2.24) is 10.2 Å². The van der Waals surface area contributed by atoms with Gasteiger partial charge in [-0.2, -0.15) is 0 Å². The van der Waals surface area contributed by atoms with Gasteiger partial charge in [0.2, 0.25) is 0 Å². The zero-order chi connectivity index (χ0) is 10.7. The van der Waals surface area contributed by atoms with Gasteiger partial charge in [0.25, 0.3) is 0 Å². The van der Waals surface area contributed by atoms with E-state index in [0.29, 0.717) is 0 Å². The van der Waals surface area contributed by atoms with Crippen LogP contribution < -0.4 is 5.32 Å². The fourth-order valence-corrected chi connectivity index (χ4v) is 2.23. The molecule has 2 rings (SSSR count). The van der Waals surface area contributed by atoms with Gasteiger partial charge in [0, 0.05) is 18.7 Å². The third-order valence-electron chi connectivity index (χ3n) is 3.08. The second-order valence-corrected chi connectivity index (χ2v) is 4.53. The molecular formula is C12H20N2O. The highest BCUT2D eigenvalue weighted by Gasteiger charge is 2.20. The van der Waals surface area contributed by atoms with Crippen LogP contribution in [0.1, 0.15) is 24.7 Å². The maximum Gasteiger partial charge on any atom is 0.122 e. The highest BCUT2D eigenvalue weighted by atomic mass is 16.3. The van der Waals surface area contributed by atoms with E-state index >= 15 is 0 Å². The molecule has 0 radical (unpaired) electrons. The van der Waals surface area contributed by atoms with Crippen LogP contribution in [0.2, 0.25) is 0 Å². The smallest absolute Gasteiger partial charge is 0.122 e. The third-order valence-corrected chi connectivity index (χ3v) is 3.08. The molecular weight excluding hydrogens is 188 g/mol. The Kier molecular flexibility index (Phi) is 3.44. The molecule has 1 aliphatic rings. The number of furan rings is 1. The average molecular weight is 208 g/mol. The molecule has 0 spiro atoms. The number of nitrogens with zero attached hydrogens (tertiary/aromatic N) is 1. The van der Waals surface area contributed by atoms with Crippen molar-refractivity contribution in [1.29, 1.82) is 0 Å². The predicted molar refractivity (Wildman–Crippen MR) is 60.5 cm³/mol. The standard InChI is InChI=1S/C12H20N2O/c1-10-3-5-14(8-10)9-12-11(7-13-2)4-6-15-12/h4,6,10,13H,3,5,7-9H2,1-2H3. The minimum Gasteiger partial charge on any atom is -0.468 e. The van der Waals surface area contributed by atoms with Crippen molar-refractivity contribution in [3.05, 3.63) is 23.7 Å². The van der Waals surface area contributed by atoms with Crippen LogP contribution in [0.15, 0.2) is 16.7 Å². The number of nitrogens with one attached hydrogen (secondary N) is 1. The summed E-state index contributed by atoms with van der Waals surface area (Å²) in [6.45, 7) is 6.60. The lowest BCUT2D eigenvalue weighted by Gasteiger charge is -2.14. The lowest BCUT2D eigenvalue weighted by Crippen LogP contribution is -2.20. The fourth-order valence-electron chi connectivity index (χ4n) is 2.23. The van der Waals surface area contributed by atoms with Gasteiger partial charge in [0.05, 0.1) is 12.8 Å². The van der Waals surface area contributed by atoms with E-state index in [4.69, 9.17) is 4.42 Å². The minimum atomic E-state index is 0.840. The Morgan fingerprint density at radius 3 is 3.13 bits per heavy atom. The molecule has 1 atom stereocenters. The summed E-state index contributed by atoms with van der Waals surface area (Å²) in [5, 5.41) is 3.17. The van der Waals surface area contributed by atoms with Crippen molar-refractivity contribution >= 4 is 0 Å². The maximum atomic E-state index is 5.53. The zero-order valence-corrected chi connectivity index (χ0v) is 9.62. The summed E-state index contributed by atoms with van der Waals surface area (Å²) in [5.74, 6) is 1.96. The monoisotopic (exact) mass is 208 g/mol. The molecule has 1 fully saturated rings. The van der Waals surface area contributed by atoms with E-state index in [-0.39, 0.29) is 0 Å². The normalized spacial score (nSPS) is 22.4. The average Bonchev–Trinajstić information content (AvgIpc) is 2.78. The van der Waals surface area contributed by atoms with Crippen LogP contribution in [0, 0.1) is 5.92 Å². The zero-order valence-electron chi connectivity index (χ0n) is 9.62. The summed E-state index contributed by atoms with van der Waals surface area (Å²) in [4.78, 5) is 2.47. The Morgan fingerprint density at radius 2 is 2.47 bits per heavy atom. The molecule has 0 saturated carbocycles. The van der Waals surface area contributed by atoms with Gasteiger partial charge in [-0.05, 0) is 32.0 Å². The minimum absolute atomic E-state index is 0.840. The van der Waals surface area contributed by atoms with Crippen LogP contribution in [-0.4, -0.2) is 25.0 Å². The van der Waals surface area contributed by atoms with Gasteiger partial charge in [-0.3, -0.25) is 4.90 Å². The summed E-state index contributed by atoms with van der Waals surface area (Å²) < 4.78 is 5.53. The van der Waals surface area contributed by atoms with E-state index in [2.05, 4.69) is 23.2 Å². The van der Waals surface area contributed by atoms with Crippen LogP contribution in [0.4, 0.5) is 0 Å². The molecule has 0 bridgehead atoms. The molecule has 0 aromatic carbocycles. The van der Waals surface area contributed by atoms with Crippen LogP contribution in [0.25, 0.3) is 0 Å². The van der Waals surface area contributed by atoms with Gasteiger partial charge >= 0.3 is 0 Å². The van der Waals surface area contributed by atoms with Crippen LogP contribution in [0.3, 0.4) is 0 Å². The Morgan fingerprint density at radius 1 is 1.60 bits per heavy atom. The lowest BCUT2D eigenvalue weighted by molar-refractivity contribution is 0.287. The van der Waals surface area contributed by atoms with Crippen LogP contribution >= 0.6 is 0 Å². The summed E-state index contributed by atoms with van der Waals surface area (Å²) >= 11 is 0. The Bertz CT molecular complexity index is 308. The molecule has 1 N–H and O–H groups in total. The third kappa shape index (κ3) is 2.61. The summed E-state index contributed by atoms with van der Waals surface area (Å²) in [7, 11) is 1.97. The Balaban J connectivity index is 1.95. The van der Waals surface area contributed by atoms with Gasteiger partial charge in [-0.15, -0.1) is 0 Å². The molecule has 15 heavy (non-hydrogen) atoms. The Labute approximate surface area is 91.4 Å². The van der Waals surface area contributed by atoms with Crippen molar-refractivity contribution in [2.75, 3.05) is 20.1 Å². The molecule has 3 heteroatoms. The molecule has 3 nitrogen and oxygen atoms in total. The predicted octanol–water partition coefficient (Wildman–Crippen LogP) is 1.84. The van der Waals surface area contributed by atoms with E-state index in [0.717, 1.165) is 24.8 Å². The SMILES string of the molecule is CNCc1ccoc1CN1CCC(C)C1. The van der Waals surface area contributed by atoms with E-state index < -0.39 is 0 Å². The van der Waals surface area contributed by atoms with Gasteiger partial charge < -0.3 is 9.73 Å². The lowest BCUT2D eigenvalue weighted by atomic mass is 10.2. The van der Waals surface area contributed by atoms with Gasteiger partial charge in [-0.1, -0.05) is 6.92 Å². The van der Waals surface area contributed by atoms with Crippen molar-refractivity contribution < 1.29 is 4.42 Å². The van der Waals surface area contributed by atoms with Crippen molar-refractivity contribution in [2.24, 2.45) is 5.92 Å². The topological polar surface area (TPSA) is 28.4 Å². The van der Waals surface area contributed by atoms with Gasteiger partial charge in [0.15, 0.2) is 0 Å². The van der Waals surface area contributed by atoms with Gasteiger partial charge in [-0.25, -0.2) is 0 Å². The first-order chi connectivity index (χ1) is 7.29. The van der Waals surface area contributed by atoms with Crippen LogP contribution in [-0.2, 0) is 13.1 Å². The number of hydrogen-bond acceptors (Lipinski definition) is 3. The van der Waals surface area contributed by atoms with Crippen molar-refractivity contribution in [2.45, 2.75) is 26.4 Å². The molecule has 1 aromatic rings. The van der Waals surface area contributed by atoms with E-state index in [1.165, 1.54) is 25.1 Å². The second kappa shape index (κ2) is 4.81. The molecule has 1 aliphatic heterocycles. The first-order valence-electron chi connectivity index (χ1n) is 5.72. The van der Waals surface area contributed by atoms with Crippen LogP contribution in [0.5, 0.6) is 0 Å². The number of rotatable bonds is 4. The van der Waals surface area contributed by atoms with Gasteiger partial charge in [0.1, 0.15) is 5.76 Å². The molecule has 0 aliphatic carbocycles. The Hall–Kier alpha value is -0.800.